The Bertz CT molecular complexity index is 128. The van der Waals surface area contributed by atoms with E-state index in [1.165, 1.54) is 0 Å². The second-order valence-electron chi connectivity index (χ2n) is 2.10. The molecule has 10 heavy (non-hydrogen) atoms. The van der Waals surface area contributed by atoms with E-state index in [-0.39, 0.29) is 0 Å². The maximum Gasteiger partial charge on any atom is 0.0890 e. The van der Waals surface area contributed by atoms with Crippen LogP contribution in [0.4, 0.5) is 0 Å². The highest BCUT2D eigenvalue weighted by atomic mass is 15.3. The molecule has 0 unspecified atom stereocenters. The molecule has 0 atom stereocenters. The lowest BCUT2D eigenvalue weighted by Gasteiger charge is -2.14. The molecule has 0 bridgehead atoms. The minimum Gasteiger partial charge on any atom is -0.362 e. The Kier molecular flexibility index (Phi) is 4.14. The first-order valence-electron chi connectivity index (χ1n) is 3.21. The largest absolute Gasteiger partial charge is 0.362 e. The van der Waals surface area contributed by atoms with Gasteiger partial charge in [0.05, 0.1) is 6.67 Å². The zero-order valence-electron chi connectivity index (χ0n) is 6.49. The fraction of sp³-hybridized carbons (Fsp3) is 0.571. The van der Waals surface area contributed by atoms with Gasteiger partial charge in [-0.1, -0.05) is 0 Å². The lowest BCUT2D eigenvalue weighted by Crippen LogP contribution is -2.21. The van der Waals surface area contributed by atoms with Gasteiger partial charge in [0.15, 0.2) is 0 Å². The molecule has 0 aromatic rings. The third-order valence-electron chi connectivity index (χ3n) is 1.34. The van der Waals surface area contributed by atoms with Crippen molar-refractivity contribution in [2.45, 2.75) is 6.92 Å². The zero-order chi connectivity index (χ0) is 7.98. The molecule has 0 aromatic carbocycles. The van der Waals surface area contributed by atoms with Crippen LogP contribution >= 0.6 is 0 Å². The summed E-state index contributed by atoms with van der Waals surface area (Å²) in [6, 6.07) is 0. The Hall–Kier alpha value is -1.17. The average Bonchev–Trinajstić information content (AvgIpc) is 2.40. The predicted molar refractivity (Wildman–Crippen MR) is 40.8 cm³/mol. The van der Waals surface area contributed by atoms with Crippen LogP contribution in [0.5, 0.6) is 0 Å². The smallest absolute Gasteiger partial charge is 0.0890 e. The summed E-state index contributed by atoms with van der Waals surface area (Å²) in [7, 11) is 2.08. The van der Waals surface area contributed by atoms with E-state index in [0.717, 1.165) is 13.2 Å². The Morgan fingerprint density at radius 3 is 2.30 bits per heavy atom. The molecule has 0 saturated heterocycles. The summed E-state index contributed by atoms with van der Waals surface area (Å²) in [6.07, 6.45) is 4.20. The van der Waals surface area contributed by atoms with Crippen molar-refractivity contribution in [2.24, 2.45) is 0 Å². The van der Waals surface area contributed by atoms with E-state index >= 15 is 0 Å². The second-order valence-corrected chi connectivity index (χ2v) is 2.10. The first-order valence-corrected chi connectivity index (χ1v) is 3.21. The van der Waals surface area contributed by atoms with Crippen molar-refractivity contribution < 1.29 is 0 Å². The van der Waals surface area contributed by atoms with Crippen molar-refractivity contribution in [2.75, 3.05) is 20.3 Å². The van der Waals surface area contributed by atoms with Gasteiger partial charge in [-0.3, -0.25) is 0 Å². The first kappa shape index (κ1) is 8.83. The molecule has 3 heteroatoms. The summed E-state index contributed by atoms with van der Waals surface area (Å²) >= 11 is 0. The summed E-state index contributed by atoms with van der Waals surface area (Å²) in [5, 5.41) is 6.50. The molecule has 0 N–H and O–H groups in total. The summed E-state index contributed by atoms with van der Waals surface area (Å²) in [6.45, 7) is 7.82. The van der Waals surface area contributed by atoms with E-state index in [1.54, 1.807) is 0 Å². The van der Waals surface area contributed by atoms with Gasteiger partial charge in [0.25, 0.3) is 0 Å². The molecular formula is C7H13N3. The molecule has 0 spiro atoms. The summed E-state index contributed by atoms with van der Waals surface area (Å²) in [5.74, 6) is 0. The highest BCUT2D eigenvalue weighted by molar-refractivity contribution is 4.87. The van der Waals surface area contributed by atoms with Gasteiger partial charge in [0.1, 0.15) is 0 Å². The molecule has 1 heterocycles. The molecule has 1 rings (SSSR count). The molecule has 1 aliphatic rings. The molecule has 0 amide bonds. The van der Waals surface area contributed by atoms with Crippen LogP contribution in [0.15, 0.2) is 12.4 Å². The molecule has 0 radical (unpaired) electrons. The van der Waals surface area contributed by atoms with Gasteiger partial charge in [0.2, 0.25) is 0 Å². The Morgan fingerprint density at radius 1 is 1.50 bits per heavy atom. The number of nitrogens with zero attached hydrogens (tertiary/aromatic N) is 3. The highest BCUT2D eigenvalue weighted by Crippen LogP contribution is 2.00. The van der Waals surface area contributed by atoms with E-state index in [2.05, 4.69) is 42.7 Å². The fourth-order valence-corrected chi connectivity index (χ4v) is 0.794. The van der Waals surface area contributed by atoms with E-state index in [9.17, 15) is 0 Å². The molecule has 0 fully saturated rings. The van der Waals surface area contributed by atoms with Crippen molar-refractivity contribution in [1.29, 1.82) is 5.26 Å². The van der Waals surface area contributed by atoms with Crippen molar-refractivity contribution in [1.82, 2.24) is 9.80 Å². The quantitative estimate of drug-likeness (QED) is 0.539. The van der Waals surface area contributed by atoms with Crippen LogP contribution in [0.2, 0.25) is 0 Å². The SMILES string of the molecule is C#N.CCN1C=CN(C)C1. The standard InChI is InChI=1S/C6H12N2.CHN/c1-3-8-5-4-7(2)6-8;1-2/h4-5H,3,6H2,1-2H3;1H. The van der Waals surface area contributed by atoms with E-state index < -0.39 is 0 Å². The Balaban J connectivity index is 0.000000371. The third-order valence-corrected chi connectivity index (χ3v) is 1.34. The maximum absolute atomic E-state index is 6.50. The van der Waals surface area contributed by atoms with Crippen LogP contribution in [-0.2, 0) is 0 Å². The van der Waals surface area contributed by atoms with Crippen molar-refractivity contribution >= 4 is 0 Å². The summed E-state index contributed by atoms with van der Waals surface area (Å²) in [5.41, 5.74) is 0. The zero-order valence-corrected chi connectivity index (χ0v) is 6.49. The second kappa shape index (κ2) is 4.68. The Labute approximate surface area is 62.2 Å². The lowest BCUT2D eigenvalue weighted by molar-refractivity contribution is 0.308. The van der Waals surface area contributed by atoms with E-state index in [0.29, 0.717) is 0 Å². The van der Waals surface area contributed by atoms with Gasteiger partial charge < -0.3 is 9.80 Å². The fourth-order valence-electron chi connectivity index (χ4n) is 0.794. The minimum atomic E-state index is 1.05. The number of rotatable bonds is 1. The monoisotopic (exact) mass is 139 g/mol. The normalized spacial score (nSPS) is 14.8. The van der Waals surface area contributed by atoms with Gasteiger partial charge >= 0.3 is 0 Å². The average molecular weight is 139 g/mol. The van der Waals surface area contributed by atoms with E-state index in [4.69, 9.17) is 5.26 Å². The minimum absolute atomic E-state index is 1.05. The predicted octanol–water partition coefficient (Wildman–Crippen LogP) is 0.822. The highest BCUT2D eigenvalue weighted by Gasteiger charge is 2.03. The lowest BCUT2D eigenvalue weighted by atomic mass is 10.6. The van der Waals surface area contributed by atoms with Crippen LogP contribution in [0, 0.1) is 11.8 Å². The first-order chi connectivity index (χ1) is 4.83. The van der Waals surface area contributed by atoms with Crippen molar-refractivity contribution in [3.63, 3.8) is 0 Å². The number of hydrogen-bond donors (Lipinski definition) is 0. The maximum atomic E-state index is 6.50. The van der Waals surface area contributed by atoms with Gasteiger partial charge in [-0.05, 0) is 6.92 Å². The van der Waals surface area contributed by atoms with Gasteiger partial charge in [0, 0.05) is 32.6 Å². The van der Waals surface area contributed by atoms with Crippen LogP contribution in [0.1, 0.15) is 6.92 Å². The molecule has 3 nitrogen and oxygen atoms in total. The summed E-state index contributed by atoms with van der Waals surface area (Å²) < 4.78 is 0. The number of nitriles is 1. The van der Waals surface area contributed by atoms with Gasteiger partial charge in [-0.15, -0.1) is 0 Å². The van der Waals surface area contributed by atoms with Crippen molar-refractivity contribution in [3.05, 3.63) is 12.4 Å². The van der Waals surface area contributed by atoms with Crippen LogP contribution in [0.3, 0.4) is 0 Å². The molecule has 56 valence electrons. The van der Waals surface area contributed by atoms with Gasteiger partial charge in [-0.2, -0.15) is 0 Å². The molecule has 1 aliphatic heterocycles. The third kappa shape index (κ3) is 2.40. The van der Waals surface area contributed by atoms with E-state index in [1.807, 2.05) is 0 Å². The molecule has 0 aliphatic carbocycles. The molecular weight excluding hydrogens is 126 g/mol. The van der Waals surface area contributed by atoms with Crippen LogP contribution < -0.4 is 0 Å². The Morgan fingerprint density at radius 2 is 2.10 bits per heavy atom. The van der Waals surface area contributed by atoms with Gasteiger partial charge in [-0.25, -0.2) is 5.26 Å². The number of hydrogen-bond acceptors (Lipinski definition) is 3. The molecule has 0 aromatic heterocycles. The van der Waals surface area contributed by atoms with Crippen LogP contribution in [-0.4, -0.2) is 30.1 Å². The molecule has 0 saturated carbocycles. The summed E-state index contributed by atoms with van der Waals surface area (Å²) in [4.78, 5) is 4.41. The van der Waals surface area contributed by atoms with Crippen LogP contribution in [0.25, 0.3) is 0 Å². The van der Waals surface area contributed by atoms with Crippen molar-refractivity contribution in [3.8, 4) is 6.57 Å². The topological polar surface area (TPSA) is 30.3 Å².